The van der Waals surface area contributed by atoms with Crippen LogP contribution in [0.4, 0.5) is 0 Å². The fourth-order valence-electron chi connectivity index (χ4n) is 8.76. The van der Waals surface area contributed by atoms with E-state index in [0.717, 1.165) is 29.1 Å². The molecule has 1 aliphatic heterocycles. The summed E-state index contributed by atoms with van der Waals surface area (Å²) in [6.45, 7) is 5.08. The van der Waals surface area contributed by atoms with E-state index >= 15 is 0 Å². The fourth-order valence-corrected chi connectivity index (χ4v) is 14.8. The van der Waals surface area contributed by atoms with Crippen LogP contribution in [0.15, 0.2) is 28.7 Å². The predicted octanol–water partition coefficient (Wildman–Crippen LogP) is 10.0. The van der Waals surface area contributed by atoms with E-state index in [-0.39, 0.29) is 0 Å². The summed E-state index contributed by atoms with van der Waals surface area (Å²) < 4.78 is 6.35. The van der Waals surface area contributed by atoms with Gasteiger partial charge in [0.2, 0.25) is 0 Å². The highest BCUT2D eigenvalue weighted by Crippen LogP contribution is 2.69. The van der Waals surface area contributed by atoms with Gasteiger partial charge in [0, 0.05) is 12.8 Å². The Morgan fingerprint density at radius 1 is 0.714 bits per heavy atom. The summed E-state index contributed by atoms with van der Waals surface area (Å²) in [5.74, 6) is 2.96. The van der Waals surface area contributed by atoms with Gasteiger partial charge in [0.1, 0.15) is 0 Å². The number of nitrogens with zero attached hydrogens (tertiary/aromatic N) is 1. The molecule has 4 fully saturated rings. The third-order valence-electron chi connectivity index (χ3n) is 10.7. The lowest BCUT2D eigenvalue weighted by molar-refractivity contribution is 0.253. The highest BCUT2D eigenvalue weighted by molar-refractivity contribution is 7.68. The molecule has 0 saturated heterocycles. The average Bonchev–Trinajstić information content (AvgIpc) is 2.91. The maximum absolute atomic E-state index is 6.35. The van der Waals surface area contributed by atoms with Gasteiger partial charge in [-0.05, 0) is 80.1 Å². The van der Waals surface area contributed by atoms with Crippen LogP contribution in [0.25, 0.3) is 0 Å². The van der Waals surface area contributed by atoms with Crippen LogP contribution >= 0.6 is 7.05 Å². The van der Waals surface area contributed by atoms with E-state index in [1.54, 1.807) is 5.70 Å². The highest BCUT2D eigenvalue weighted by Gasteiger charge is 2.45. The molecule has 3 heteroatoms. The SMILES string of the molecule is CC1CCCC(C)C1N=P(C1CCCCC1)(C1CCCCC1)C1C=CC=C(CC2CCCCC2)N1. The molecule has 1 N–H and O–H groups in total. The Labute approximate surface area is 217 Å². The Bertz CT molecular complexity index is 747. The first-order chi connectivity index (χ1) is 17.2. The molecule has 2 nitrogen and oxygen atoms in total. The summed E-state index contributed by atoms with van der Waals surface area (Å²) in [7, 11) is -1.57. The van der Waals surface area contributed by atoms with Crippen LogP contribution in [0, 0.1) is 17.8 Å². The van der Waals surface area contributed by atoms with Gasteiger partial charge >= 0.3 is 0 Å². The van der Waals surface area contributed by atoms with Gasteiger partial charge < -0.3 is 5.32 Å². The lowest BCUT2D eigenvalue weighted by Gasteiger charge is -2.49. The summed E-state index contributed by atoms with van der Waals surface area (Å²) in [4.78, 5) is 0. The molecule has 35 heavy (non-hydrogen) atoms. The van der Waals surface area contributed by atoms with E-state index in [2.05, 4.69) is 37.4 Å². The van der Waals surface area contributed by atoms with Gasteiger partial charge in [0.05, 0.1) is 11.8 Å². The summed E-state index contributed by atoms with van der Waals surface area (Å²) in [6, 6.07) is 0.601. The van der Waals surface area contributed by atoms with Crippen LogP contribution in [-0.2, 0) is 0 Å². The first kappa shape index (κ1) is 26.1. The van der Waals surface area contributed by atoms with E-state index in [0.29, 0.717) is 11.8 Å². The summed E-state index contributed by atoms with van der Waals surface area (Å²) in [6.07, 6.45) is 34.8. The van der Waals surface area contributed by atoms with Crippen molar-refractivity contribution >= 4 is 7.05 Å². The molecule has 0 bridgehead atoms. The fraction of sp³-hybridized carbons (Fsp3) is 0.875. The molecular weight excluding hydrogens is 443 g/mol. The highest BCUT2D eigenvalue weighted by atomic mass is 31.2. The van der Waals surface area contributed by atoms with Crippen molar-refractivity contribution < 1.29 is 0 Å². The molecule has 4 aliphatic carbocycles. The van der Waals surface area contributed by atoms with Crippen LogP contribution in [0.1, 0.15) is 136 Å². The molecule has 5 aliphatic rings. The van der Waals surface area contributed by atoms with Crippen molar-refractivity contribution in [3.8, 4) is 0 Å². The molecule has 1 heterocycles. The monoisotopic (exact) mass is 498 g/mol. The largest absolute Gasteiger partial charge is 0.377 e. The molecule has 4 saturated carbocycles. The van der Waals surface area contributed by atoms with Gasteiger partial charge in [0.25, 0.3) is 0 Å². The zero-order valence-electron chi connectivity index (χ0n) is 23.1. The molecule has 3 atom stereocenters. The molecular formula is C32H55N2P. The van der Waals surface area contributed by atoms with Crippen LogP contribution in [0.2, 0.25) is 0 Å². The third-order valence-corrected chi connectivity index (χ3v) is 16.0. The number of hydrogen-bond acceptors (Lipinski definition) is 2. The quantitative estimate of drug-likeness (QED) is 0.362. The Kier molecular flexibility index (Phi) is 9.23. The van der Waals surface area contributed by atoms with Gasteiger partial charge in [-0.3, -0.25) is 4.74 Å². The molecule has 3 unspecified atom stereocenters. The number of dihydropyridines is 1. The molecule has 5 rings (SSSR count). The van der Waals surface area contributed by atoms with Gasteiger partial charge in [-0.25, -0.2) is 0 Å². The van der Waals surface area contributed by atoms with Crippen molar-refractivity contribution in [3.63, 3.8) is 0 Å². The smallest absolute Gasteiger partial charge is 0.0799 e. The van der Waals surface area contributed by atoms with E-state index in [1.807, 2.05) is 0 Å². The lowest BCUT2D eigenvalue weighted by Crippen LogP contribution is -2.40. The molecule has 0 aromatic rings. The standard InChI is InChI=1S/C32H55N2P/c1-25-14-12-15-26(2)32(25)34-35(29-19-8-4-9-20-29,30-21-10-5-11-22-30)31-23-13-18-28(33-31)24-27-16-6-3-7-17-27/h13,18,23,25-27,29-33H,3-12,14-17,19-22,24H2,1-2H3. The minimum atomic E-state index is -1.57. The average molecular weight is 499 g/mol. The van der Waals surface area contributed by atoms with E-state index in [9.17, 15) is 0 Å². The maximum atomic E-state index is 6.35. The molecule has 0 amide bonds. The van der Waals surface area contributed by atoms with Crippen LogP contribution in [-0.4, -0.2) is 23.1 Å². The second kappa shape index (κ2) is 12.4. The van der Waals surface area contributed by atoms with Gasteiger partial charge in [0.15, 0.2) is 0 Å². The maximum Gasteiger partial charge on any atom is 0.0799 e. The minimum Gasteiger partial charge on any atom is -0.377 e. The Balaban J connectivity index is 1.52. The van der Waals surface area contributed by atoms with Gasteiger partial charge in [-0.15, -0.1) is 0 Å². The Morgan fingerprint density at radius 3 is 1.83 bits per heavy atom. The normalized spacial score (nSPS) is 34.3. The van der Waals surface area contributed by atoms with Crippen molar-refractivity contribution in [1.29, 1.82) is 0 Å². The number of allylic oxidation sites excluding steroid dienone is 3. The molecule has 0 aromatic carbocycles. The Morgan fingerprint density at radius 2 is 1.26 bits per heavy atom. The first-order valence-corrected chi connectivity index (χ1v) is 17.9. The van der Waals surface area contributed by atoms with E-state index in [1.165, 1.54) is 122 Å². The minimum absolute atomic E-state index is 0.513. The molecule has 0 aromatic heterocycles. The summed E-state index contributed by atoms with van der Waals surface area (Å²) in [5, 5.41) is 4.29. The van der Waals surface area contributed by atoms with Crippen molar-refractivity contribution in [1.82, 2.24) is 5.32 Å². The van der Waals surface area contributed by atoms with Gasteiger partial charge in [-0.2, -0.15) is 0 Å². The van der Waals surface area contributed by atoms with Crippen LogP contribution < -0.4 is 5.32 Å². The molecule has 198 valence electrons. The van der Waals surface area contributed by atoms with Gasteiger partial charge in [-0.1, -0.05) is 103 Å². The third kappa shape index (κ3) is 5.99. The lowest BCUT2D eigenvalue weighted by atomic mass is 9.79. The summed E-state index contributed by atoms with van der Waals surface area (Å²) in [5.41, 5.74) is 3.30. The number of rotatable bonds is 6. The van der Waals surface area contributed by atoms with E-state index < -0.39 is 7.05 Å². The van der Waals surface area contributed by atoms with Crippen molar-refractivity contribution in [3.05, 3.63) is 23.9 Å². The number of hydrogen-bond donors (Lipinski definition) is 1. The zero-order chi connectivity index (χ0) is 24.1. The second-order valence-corrected chi connectivity index (χ2v) is 17.1. The zero-order valence-corrected chi connectivity index (χ0v) is 24.0. The summed E-state index contributed by atoms with van der Waals surface area (Å²) >= 11 is 0. The number of nitrogens with one attached hydrogen (secondary N) is 1. The predicted molar refractivity (Wildman–Crippen MR) is 154 cm³/mol. The van der Waals surface area contributed by atoms with Crippen molar-refractivity contribution in [2.75, 3.05) is 0 Å². The van der Waals surface area contributed by atoms with Crippen molar-refractivity contribution in [2.24, 2.45) is 22.5 Å². The second-order valence-electron chi connectivity index (χ2n) is 13.2. The van der Waals surface area contributed by atoms with Crippen molar-refractivity contribution in [2.45, 2.75) is 159 Å². The first-order valence-electron chi connectivity index (χ1n) is 15.9. The van der Waals surface area contributed by atoms with Crippen LogP contribution in [0.3, 0.4) is 0 Å². The topological polar surface area (TPSA) is 24.4 Å². The molecule has 0 spiro atoms. The molecule has 0 radical (unpaired) electrons. The Hall–Kier alpha value is -0.490. The van der Waals surface area contributed by atoms with E-state index in [4.69, 9.17) is 4.74 Å². The van der Waals surface area contributed by atoms with Crippen LogP contribution in [0.5, 0.6) is 0 Å².